The summed E-state index contributed by atoms with van der Waals surface area (Å²) in [5.74, 6) is 0.910. The maximum absolute atomic E-state index is 12.1. The maximum atomic E-state index is 12.1. The molecular formula is C21H31IN6O2. The number of carbonyl (C=O) groups is 1. The first kappa shape index (κ1) is 24.1. The zero-order valence-electron chi connectivity index (χ0n) is 17.4. The second kappa shape index (κ2) is 13.2. The first-order valence-electron chi connectivity index (χ1n) is 10.2. The number of halogens is 1. The average Bonchev–Trinajstić information content (AvgIpc) is 3.27. The Labute approximate surface area is 195 Å². The van der Waals surface area contributed by atoms with Crippen LogP contribution in [0.15, 0.2) is 52.2 Å². The van der Waals surface area contributed by atoms with E-state index in [2.05, 4.69) is 32.5 Å². The fraction of sp³-hybridized carbons (Fsp3) is 0.476. The van der Waals surface area contributed by atoms with E-state index in [4.69, 9.17) is 9.52 Å². The summed E-state index contributed by atoms with van der Waals surface area (Å²) in [6.45, 7) is 8.80. The second-order valence-corrected chi connectivity index (χ2v) is 6.97. The summed E-state index contributed by atoms with van der Waals surface area (Å²) >= 11 is 0. The van der Waals surface area contributed by atoms with Gasteiger partial charge in [0, 0.05) is 64.0 Å². The monoisotopic (exact) mass is 526 g/mol. The molecule has 1 amide bonds. The Morgan fingerprint density at radius 3 is 2.57 bits per heavy atom. The summed E-state index contributed by atoms with van der Waals surface area (Å²) in [5, 5.41) is 10.3. The average molecular weight is 526 g/mol. The number of aromatic nitrogens is 1. The Balaban J connectivity index is 0.00000320. The lowest BCUT2D eigenvalue weighted by Crippen LogP contribution is -2.52. The third-order valence-electron chi connectivity index (χ3n) is 4.80. The van der Waals surface area contributed by atoms with Crippen LogP contribution in [0, 0.1) is 0 Å². The highest BCUT2D eigenvalue weighted by Crippen LogP contribution is 2.07. The van der Waals surface area contributed by atoms with Crippen LogP contribution in [-0.4, -0.2) is 72.6 Å². The van der Waals surface area contributed by atoms with Gasteiger partial charge in [-0.1, -0.05) is 23.4 Å². The number of aliphatic imine (C=N–C) groups is 1. The van der Waals surface area contributed by atoms with Crippen molar-refractivity contribution in [3.8, 4) is 0 Å². The van der Waals surface area contributed by atoms with Crippen molar-refractivity contribution < 1.29 is 9.32 Å². The van der Waals surface area contributed by atoms with Crippen LogP contribution in [-0.2, 0) is 6.54 Å². The largest absolute Gasteiger partial charge is 0.364 e. The molecule has 1 aliphatic rings. The van der Waals surface area contributed by atoms with Gasteiger partial charge in [0.05, 0.1) is 5.69 Å². The molecule has 8 nitrogen and oxygen atoms in total. The molecule has 3 rings (SSSR count). The van der Waals surface area contributed by atoms with Crippen molar-refractivity contribution in [1.29, 1.82) is 0 Å². The number of benzene rings is 1. The third-order valence-corrected chi connectivity index (χ3v) is 4.80. The molecule has 0 unspecified atom stereocenters. The lowest BCUT2D eigenvalue weighted by molar-refractivity contribution is 0.0953. The quantitative estimate of drug-likeness (QED) is 0.238. The van der Waals surface area contributed by atoms with Crippen molar-refractivity contribution in [1.82, 2.24) is 25.6 Å². The summed E-state index contributed by atoms with van der Waals surface area (Å²) in [5.41, 5.74) is 1.66. The molecule has 30 heavy (non-hydrogen) atoms. The molecule has 0 aliphatic carbocycles. The number of amides is 1. The maximum Gasteiger partial charge on any atom is 0.251 e. The highest BCUT2D eigenvalue weighted by Gasteiger charge is 2.20. The number of carbonyl (C=O) groups excluding carboxylic acids is 1. The zero-order chi connectivity index (χ0) is 20.3. The summed E-state index contributed by atoms with van der Waals surface area (Å²) in [4.78, 5) is 21.5. The molecule has 2 heterocycles. The molecule has 1 aliphatic heterocycles. The molecule has 1 fully saturated rings. The molecule has 2 aromatic rings. The molecular weight excluding hydrogens is 495 g/mol. The van der Waals surface area contributed by atoms with Crippen LogP contribution in [0.5, 0.6) is 0 Å². The summed E-state index contributed by atoms with van der Waals surface area (Å²) in [6.07, 6.45) is 2.42. The summed E-state index contributed by atoms with van der Waals surface area (Å²) in [6, 6.07) is 11.2. The topological polar surface area (TPSA) is 86.0 Å². The van der Waals surface area contributed by atoms with E-state index in [1.165, 1.54) is 0 Å². The van der Waals surface area contributed by atoms with E-state index in [1.54, 1.807) is 6.26 Å². The van der Waals surface area contributed by atoms with Crippen LogP contribution in [0.1, 0.15) is 29.4 Å². The minimum absolute atomic E-state index is 0. The number of nitrogens with zero attached hydrogens (tertiary/aromatic N) is 4. The van der Waals surface area contributed by atoms with Crippen LogP contribution in [0.25, 0.3) is 0 Å². The lowest BCUT2D eigenvalue weighted by atomic mass is 10.2. The Kier molecular flexibility index (Phi) is 10.6. The summed E-state index contributed by atoms with van der Waals surface area (Å²) < 4.78 is 4.91. The van der Waals surface area contributed by atoms with Gasteiger partial charge >= 0.3 is 0 Å². The second-order valence-electron chi connectivity index (χ2n) is 6.97. The van der Waals surface area contributed by atoms with Gasteiger partial charge in [0.1, 0.15) is 6.26 Å². The highest BCUT2D eigenvalue weighted by atomic mass is 127. The van der Waals surface area contributed by atoms with Crippen LogP contribution in [0.4, 0.5) is 0 Å². The Morgan fingerprint density at radius 1 is 1.13 bits per heavy atom. The highest BCUT2D eigenvalue weighted by molar-refractivity contribution is 14.0. The minimum atomic E-state index is -0.0373. The smallest absolute Gasteiger partial charge is 0.251 e. The van der Waals surface area contributed by atoms with Gasteiger partial charge in [0.15, 0.2) is 5.96 Å². The van der Waals surface area contributed by atoms with Gasteiger partial charge in [-0.25, -0.2) is 0 Å². The number of rotatable bonds is 8. The minimum Gasteiger partial charge on any atom is -0.364 e. The molecule has 0 bridgehead atoms. The molecule has 0 atom stereocenters. The van der Waals surface area contributed by atoms with Crippen LogP contribution in [0.3, 0.4) is 0 Å². The van der Waals surface area contributed by atoms with E-state index in [9.17, 15) is 4.79 Å². The Morgan fingerprint density at radius 2 is 1.90 bits per heavy atom. The number of piperazine rings is 1. The molecule has 0 saturated carbocycles. The lowest BCUT2D eigenvalue weighted by Gasteiger charge is -2.36. The number of nitrogens with one attached hydrogen (secondary N) is 2. The van der Waals surface area contributed by atoms with E-state index in [0.717, 1.165) is 57.3 Å². The predicted molar refractivity (Wildman–Crippen MR) is 128 cm³/mol. The van der Waals surface area contributed by atoms with Gasteiger partial charge < -0.3 is 20.1 Å². The van der Waals surface area contributed by atoms with Crippen molar-refractivity contribution in [3.05, 3.63) is 53.9 Å². The third kappa shape index (κ3) is 7.60. The molecule has 9 heteroatoms. The molecule has 0 spiro atoms. The van der Waals surface area contributed by atoms with E-state index < -0.39 is 0 Å². The van der Waals surface area contributed by atoms with Gasteiger partial charge in [-0.05, 0) is 25.5 Å². The van der Waals surface area contributed by atoms with Crippen molar-refractivity contribution in [2.75, 3.05) is 45.8 Å². The molecule has 0 radical (unpaired) electrons. The van der Waals surface area contributed by atoms with E-state index in [0.29, 0.717) is 18.7 Å². The van der Waals surface area contributed by atoms with Crippen LogP contribution >= 0.6 is 24.0 Å². The Bertz CT molecular complexity index is 761. The Hall–Kier alpha value is -2.14. The molecule has 1 aromatic heterocycles. The van der Waals surface area contributed by atoms with Crippen molar-refractivity contribution >= 4 is 35.8 Å². The van der Waals surface area contributed by atoms with Crippen molar-refractivity contribution in [3.63, 3.8) is 0 Å². The number of hydrogen-bond acceptors (Lipinski definition) is 5. The zero-order valence-corrected chi connectivity index (χ0v) is 19.7. The van der Waals surface area contributed by atoms with Gasteiger partial charge in [-0.3, -0.25) is 14.7 Å². The molecule has 2 N–H and O–H groups in total. The normalized spacial score (nSPS) is 14.8. The summed E-state index contributed by atoms with van der Waals surface area (Å²) in [7, 11) is 0. The van der Waals surface area contributed by atoms with E-state index >= 15 is 0 Å². The van der Waals surface area contributed by atoms with E-state index in [1.807, 2.05) is 36.4 Å². The SMILES string of the molecule is CCNC(=NCCCNC(=O)c1ccccc1)N1CCN(Cc2ccon2)CC1.I. The first-order valence-corrected chi connectivity index (χ1v) is 10.2. The van der Waals surface area contributed by atoms with Gasteiger partial charge in [-0.2, -0.15) is 0 Å². The van der Waals surface area contributed by atoms with E-state index in [-0.39, 0.29) is 29.9 Å². The molecule has 164 valence electrons. The number of guanidine groups is 1. The van der Waals surface area contributed by atoms with Crippen molar-refractivity contribution in [2.24, 2.45) is 4.99 Å². The van der Waals surface area contributed by atoms with Gasteiger partial charge in [-0.15, -0.1) is 24.0 Å². The fourth-order valence-corrected chi connectivity index (χ4v) is 3.25. The fourth-order valence-electron chi connectivity index (χ4n) is 3.25. The van der Waals surface area contributed by atoms with Gasteiger partial charge in [0.2, 0.25) is 0 Å². The van der Waals surface area contributed by atoms with Crippen LogP contribution < -0.4 is 10.6 Å². The standard InChI is InChI=1S/C21H30N6O2.HI/c1-2-22-21(24-11-6-10-23-20(28)18-7-4-3-5-8-18)27-14-12-26(13-15-27)17-19-9-16-29-25-19;/h3-5,7-9,16H,2,6,10-15,17H2,1H3,(H,22,24)(H,23,28);1H. The predicted octanol–water partition coefficient (Wildman–Crippen LogP) is 2.20. The molecule has 1 saturated heterocycles. The van der Waals surface area contributed by atoms with Gasteiger partial charge in [0.25, 0.3) is 5.91 Å². The molecule has 1 aromatic carbocycles. The first-order chi connectivity index (χ1) is 14.3. The number of hydrogen-bond donors (Lipinski definition) is 2. The van der Waals surface area contributed by atoms with Crippen molar-refractivity contribution in [2.45, 2.75) is 19.9 Å². The van der Waals surface area contributed by atoms with Crippen LogP contribution in [0.2, 0.25) is 0 Å².